The number of rotatable bonds is 3. The van der Waals surface area contributed by atoms with Crippen LogP contribution in [0.5, 0.6) is 0 Å². The van der Waals surface area contributed by atoms with E-state index in [9.17, 15) is 0 Å². The van der Waals surface area contributed by atoms with Crippen molar-refractivity contribution < 1.29 is 0 Å². The minimum Gasteiger partial charge on any atom is -0.361 e. The Bertz CT molecular complexity index is 1050. The van der Waals surface area contributed by atoms with Gasteiger partial charge in [0.25, 0.3) is 0 Å². The summed E-state index contributed by atoms with van der Waals surface area (Å²) in [6.07, 6.45) is 11.3. The van der Waals surface area contributed by atoms with E-state index < -0.39 is 0 Å². The summed E-state index contributed by atoms with van der Waals surface area (Å²) in [5.74, 6) is 0.653. The first-order valence-corrected chi connectivity index (χ1v) is 8.96. The topological polar surface area (TPSA) is 58.5 Å². The molecular weight excluding hydrogens is 310 g/mol. The largest absolute Gasteiger partial charge is 0.361 e. The zero-order valence-electron chi connectivity index (χ0n) is 14.3. The Morgan fingerprint density at radius 2 is 2.08 bits per heavy atom. The quantitative estimate of drug-likeness (QED) is 0.550. The molecule has 0 atom stereocenters. The van der Waals surface area contributed by atoms with Crippen LogP contribution in [0.25, 0.3) is 21.9 Å². The molecule has 126 valence electrons. The lowest BCUT2D eigenvalue weighted by molar-refractivity contribution is 0.532. The highest BCUT2D eigenvalue weighted by Gasteiger charge is 2.20. The summed E-state index contributed by atoms with van der Waals surface area (Å²) in [6, 6.07) is 8.88. The van der Waals surface area contributed by atoms with E-state index in [2.05, 4.69) is 51.2 Å². The predicted molar refractivity (Wildman–Crippen MR) is 101 cm³/mol. The van der Waals surface area contributed by atoms with E-state index in [1.54, 1.807) is 0 Å². The van der Waals surface area contributed by atoms with Crippen LogP contribution in [0.3, 0.4) is 0 Å². The molecule has 3 aromatic heterocycles. The van der Waals surface area contributed by atoms with Crippen molar-refractivity contribution in [3.8, 4) is 0 Å². The Balaban J connectivity index is 1.53. The first-order valence-electron chi connectivity index (χ1n) is 8.96. The number of aromatic nitrogens is 4. The highest BCUT2D eigenvalue weighted by Crippen LogP contribution is 2.33. The number of aromatic amines is 1. The average Bonchev–Trinajstić information content (AvgIpc) is 3.34. The molecule has 0 radical (unpaired) electrons. The molecule has 4 aromatic rings. The van der Waals surface area contributed by atoms with E-state index in [-0.39, 0.29) is 0 Å². The van der Waals surface area contributed by atoms with Crippen LogP contribution in [0.4, 0.5) is 11.6 Å². The van der Waals surface area contributed by atoms with E-state index in [0.717, 1.165) is 22.2 Å². The molecule has 1 fully saturated rings. The highest BCUT2D eigenvalue weighted by molar-refractivity contribution is 5.84. The van der Waals surface area contributed by atoms with Gasteiger partial charge in [0.1, 0.15) is 5.65 Å². The third-order valence-electron chi connectivity index (χ3n) is 5.30. The molecule has 25 heavy (non-hydrogen) atoms. The molecule has 0 unspecified atom stereocenters. The number of hydrogen-bond acceptors (Lipinski definition) is 3. The van der Waals surface area contributed by atoms with Crippen LogP contribution in [-0.4, -0.2) is 19.5 Å². The fourth-order valence-electron chi connectivity index (χ4n) is 3.97. The van der Waals surface area contributed by atoms with Gasteiger partial charge in [-0.2, -0.15) is 4.98 Å². The first-order chi connectivity index (χ1) is 12.3. The van der Waals surface area contributed by atoms with Gasteiger partial charge in [-0.25, -0.2) is 4.98 Å². The minimum absolute atomic E-state index is 0.579. The normalized spacial score (nSPS) is 15.4. The lowest BCUT2D eigenvalue weighted by atomic mass is 10.2. The number of benzene rings is 1. The summed E-state index contributed by atoms with van der Waals surface area (Å²) >= 11 is 0. The lowest BCUT2D eigenvalue weighted by Crippen LogP contribution is -2.05. The molecule has 1 aliphatic rings. The van der Waals surface area contributed by atoms with E-state index in [1.807, 2.05) is 18.5 Å². The summed E-state index contributed by atoms with van der Waals surface area (Å²) in [7, 11) is 0. The maximum absolute atomic E-state index is 4.84. The molecule has 2 N–H and O–H groups in total. The number of H-pyrrole nitrogens is 1. The van der Waals surface area contributed by atoms with E-state index in [4.69, 9.17) is 4.98 Å². The highest BCUT2D eigenvalue weighted by atomic mass is 15.2. The molecular formula is C20H21N5. The van der Waals surface area contributed by atoms with Crippen molar-refractivity contribution in [3.63, 3.8) is 0 Å². The molecule has 5 nitrogen and oxygen atoms in total. The zero-order chi connectivity index (χ0) is 16.8. The minimum atomic E-state index is 0.579. The smallest absolute Gasteiger partial charge is 0.229 e. The number of fused-ring (bicyclic) bond motifs is 2. The molecule has 0 spiro atoms. The van der Waals surface area contributed by atoms with E-state index >= 15 is 0 Å². The van der Waals surface area contributed by atoms with Crippen LogP contribution < -0.4 is 5.32 Å². The molecule has 5 heteroatoms. The molecule has 1 saturated carbocycles. The number of nitrogens with zero attached hydrogens (tertiary/aromatic N) is 3. The summed E-state index contributed by atoms with van der Waals surface area (Å²) in [6.45, 7) is 2.14. The number of aryl methyl sites for hydroxylation is 1. The van der Waals surface area contributed by atoms with Gasteiger partial charge in [-0.15, -0.1) is 0 Å². The fourth-order valence-corrected chi connectivity index (χ4v) is 3.97. The molecule has 1 aliphatic carbocycles. The zero-order valence-corrected chi connectivity index (χ0v) is 14.3. The summed E-state index contributed by atoms with van der Waals surface area (Å²) in [5.41, 5.74) is 4.43. The molecule has 0 bridgehead atoms. The molecule has 0 saturated heterocycles. The van der Waals surface area contributed by atoms with Crippen LogP contribution in [0.2, 0.25) is 0 Å². The van der Waals surface area contributed by atoms with Crippen LogP contribution in [0, 0.1) is 6.92 Å². The van der Waals surface area contributed by atoms with E-state index in [0.29, 0.717) is 12.0 Å². The van der Waals surface area contributed by atoms with Crippen molar-refractivity contribution in [2.45, 2.75) is 38.6 Å². The Kier molecular flexibility index (Phi) is 3.26. The molecule has 1 aromatic carbocycles. The average molecular weight is 331 g/mol. The SMILES string of the molecule is Cc1cn(C2CCCC2)c2nc(Nc3ccc4[nH]ccc4c3)ncc12. The molecule has 0 amide bonds. The van der Waals surface area contributed by atoms with Crippen molar-refractivity contribution in [1.29, 1.82) is 0 Å². The third kappa shape index (κ3) is 2.47. The Morgan fingerprint density at radius 1 is 1.20 bits per heavy atom. The van der Waals surface area contributed by atoms with Crippen molar-refractivity contribution >= 4 is 33.6 Å². The van der Waals surface area contributed by atoms with Gasteiger partial charge in [-0.1, -0.05) is 12.8 Å². The maximum atomic E-state index is 4.84. The van der Waals surface area contributed by atoms with Crippen molar-refractivity contribution in [3.05, 3.63) is 48.4 Å². The fraction of sp³-hybridized carbons (Fsp3) is 0.300. The van der Waals surface area contributed by atoms with Gasteiger partial charge in [0.05, 0.1) is 0 Å². The maximum Gasteiger partial charge on any atom is 0.229 e. The molecule has 3 heterocycles. The van der Waals surface area contributed by atoms with Gasteiger partial charge in [-0.05, 0) is 49.6 Å². The van der Waals surface area contributed by atoms with Gasteiger partial charge >= 0.3 is 0 Å². The summed E-state index contributed by atoms with van der Waals surface area (Å²) in [4.78, 5) is 12.6. The van der Waals surface area contributed by atoms with Crippen LogP contribution in [0.1, 0.15) is 37.3 Å². The lowest BCUT2D eigenvalue weighted by Gasteiger charge is -2.13. The predicted octanol–water partition coefficient (Wildman–Crippen LogP) is 5.08. The van der Waals surface area contributed by atoms with Crippen molar-refractivity contribution in [1.82, 2.24) is 19.5 Å². The Hall–Kier alpha value is -2.82. The molecule has 5 rings (SSSR count). The Labute approximate surface area is 146 Å². The second-order valence-electron chi connectivity index (χ2n) is 6.99. The van der Waals surface area contributed by atoms with Crippen LogP contribution >= 0.6 is 0 Å². The standard InChI is InChI=1S/C20H21N5/c1-13-12-25(16-4-2-3-5-16)19-17(13)11-22-20(24-19)23-15-6-7-18-14(10-15)8-9-21-18/h6-12,16,21H,2-5H2,1H3,(H,22,23,24). The first kappa shape index (κ1) is 14.5. The second kappa shape index (κ2) is 5.62. The van der Waals surface area contributed by atoms with Gasteiger partial charge < -0.3 is 14.9 Å². The number of anilines is 2. The summed E-state index contributed by atoms with van der Waals surface area (Å²) < 4.78 is 2.36. The van der Waals surface area contributed by atoms with E-state index in [1.165, 1.54) is 36.6 Å². The second-order valence-corrected chi connectivity index (χ2v) is 6.99. The van der Waals surface area contributed by atoms with Gasteiger partial charge in [0.15, 0.2) is 0 Å². The third-order valence-corrected chi connectivity index (χ3v) is 5.30. The van der Waals surface area contributed by atoms with Crippen LogP contribution in [0.15, 0.2) is 42.9 Å². The number of hydrogen-bond donors (Lipinski definition) is 2. The van der Waals surface area contributed by atoms with Crippen molar-refractivity contribution in [2.24, 2.45) is 0 Å². The van der Waals surface area contributed by atoms with Crippen molar-refractivity contribution in [2.75, 3.05) is 5.32 Å². The van der Waals surface area contributed by atoms with Gasteiger partial charge in [0, 0.05) is 46.6 Å². The molecule has 0 aliphatic heterocycles. The summed E-state index contributed by atoms with van der Waals surface area (Å²) in [5, 5.41) is 5.68. The monoisotopic (exact) mass is 331 g/mol. The Morgan fingerprint density at radius 3 is 2.96 bits per heavy atom. The number of nitrogens with one attached hydrogen (secondary N) is 2. The van der Waals surface area contributed by atoms with Gasteiger partial charge in [-0.3, -0.25) is 0 Å². The van der Waals surface area contributed by atoms with Gasteiger partial charge in [0.2, 0.25) is 5.95 Å². The van der Waals surface area contributed by atoms with Crippen LogP contribution in [-0.2, 0) is 0 Å².